The molecule has 1 atom stereocenters. The lowest BCUT2D eigenvalue weighted by Gasteiger charge is -2.13. The lowest BCUT2D eigenvalue weighted by Crippen LogP contribution is -2.29. The summed E-state index contributed by atoms with van der Waals surface area (Å²) in [6.45, 7) is 3.54. The van der Waals surface area contributed by atoms with Crippen LogP contribution in [-0.4, -0.2) is 30.3 Å². The van der Waals surface area contributed by atoms with Crippen LogP contribution >= 0.6 is 0 Å². The lowest BCUT2D eigenvalue weighted by atomic mass is 10.1. The highest BCUT2D eigenvalue weighted by Crippen LogP contribution is 2.08. The van der Waals surface area contributed by atoms with Gasteiger partial charge < -0.3 is 10.1 Å². The largest absolute Gasteiger partial charge is 0.454 e. The summed E-state index contributed by atoms with van der Waals surface area (Å²) >= 11 is 0. The number of hydrogen-bond donors (Lipinski definition) is 1. The zero-order valence-corrected chi connectivity index (χ0v) is 14.3. The molecule has 2 rings (SSSR count). The highest BCUT2D eigenvalue weighted by molar-refractivity contribution is 6.00. The number of esters is 1. The molecule has 0 aliphatic heterocycles. The Morgan fingerprint density at radius 2 is 1.64 bits per heavy atom. The third-order valence-corrected chi connectivity index (χ3v) is 3.74. The minimum absolute atomic E-state index is 0.00400. The predicted molar refractivity (Wildman–Crippen MR) is 94.5 cm³/mol. The molecule has 0 saturated heterocycles. The van der Waals surface area contributed by atoms with Gasteiger partial charge in [0.05, 0.1) is 6.42 Å². The second-order valence-corrected chi connectivity index (χ2v) is 5.68. The molecule has 2 aromatic carbocycles. The Balaban J connectivity index is 1.78. The molecule has 0 aromatic heterocycles. The van der Waals surface area contributed by atoms with E-state index in [-0.39, 0.29) is 24.7 Å². The van der Waals surface area contributed by atoms with Crippen LogP contribution in [0.1, 0.15) is 39.6 Å². The monoisotopic (exact) mass is 339 g/mol. The Bertz CT molecular complexity index is 755. The Labute approximate surface area is 147 Å². The topological polar surface area (TPSA) is 72.5 Å². The first kappa shape index (κ1) is 18.4. The summed E-state index contributed by atoms with van der Waals surface area (Å²) in [6, 6.07) is 15.9. The van der Waals surface area contributed by atoms with E-state index in [1.165, 1.54) is 0 Å². The van der Waals surface area contributed by atoms with Crippen molar-refractivity contribution in [3.63, 3.8) is 0 Å². The maximum atomic E-state index is 12.1. The lowest BCUT2D eigenvalue weighted by molar-refractivity contribution is -0.146. The van der Waals surface area contributed by atoms with Crippen LogP contribution in [0.5, 0.6) is 0 Å². The maximum Gasteiger partial charge on any atom is 0.308 e. The molecular formula is C20H21NO4. The molecule has 0 radical (unpaired) electrons. The fourth-order valence-electron chi connectivity index (χ4n) is 2.35. The van der Waals surface area contributed by atoms with Crippen LogP contribution < -0.4 is 5.32 Å². The van der Waals surface area contributed by atoms with Gasteiger partial charge in [0.25, 0.3) is 5.91 Å². The summed E-state index contributed by atoms with van der Waals surface area (Å²) in [5, 5.41) is 2.68. The summed E-state index contributed by atoms with van der Waals surface area (Å²) in [6.07, 6.45) is -0.855. The van der Waals surface area contributed by atoms with Crippen LogP contribution in [0.4, 0.5) is 0 Å². The fourth-order valence-corrected chi connectivity index (χ4v) is 2.35. The van der Waals surface area contributed by atoms with Gasteiger partial charge in [0.15, 0.2) is 6.10 Å². The maximum absolute atomic E-state index is 12.1. The molecule has 0 saturated carbocycles. The quantitative estimate of drug-likeness (QED) is 0.622. The van der Waals surface area contributed by atoms with Gasteiger partial charge in [-0.3, -0.25) is 14.4 Å². The molecule has 0 heterocycles. The minimum atomic E-state index is -0.859. The summed E-state index contributed by atoms with van der Waals surface area (Å²) in [7, 11) is 0. The Morgan fingerprint density at radius 1 is 1.00 bits per heavy atom. The summed E-state index contributed by atoms with van der Waals surface area (Å²) in [5.74, 6) is -1.01. The van der Waals surface area contributed by atoms with Gasteiger partial charge >= 0.3 is 5.97 Å². The number of benzene rings is 2. The number of ether oxygens (including phenoxy) is 1. The van der Waals surface area contributed by atoms with Crippen LogP contribution in [0.2, 0.25) is 0 Å². The summed E-state index contributed by atoms with van der Waals surface area (Å²) in [4.78, 5) is 36.0. The average molecular weight is 339 g/mol. The number of hydrogen-bond acceptors (Lipinski definition) is 4. The van der Waals surface area contributed by atoms with Crippen molar-refractivity contribution in [2.24, 2.45) is 0 Å². The van der Waals surface area contributed by atoms with Gasteiger partial charge in [-0.1, -0.05) is 48.5 Å². The molecule has 0 aliphatic rings. The Kier molecular flexibility index (Phi) is 6.46. The highest BCUT2D eigenvalue weighted by atomic mass is 16.5. The van der Waals surface area contributed by atoms with Gasteiger partial charge in [0.2, 0.25) is 5.78 Å². The van der Waals surface area contributed by atoms with Crippen molar-refractivity contribution in [1.82, 2.24) is 5.32 Å². The molecule has 130 valence electrons. The number of aryl methyl sites for hydroxylation is 1. The third kappa shape index (κ3) is 5.28. The van der Waals surface area contributed by atoms with Crippen molar-refractivity contribution in [2.75, 3.05) is 6.54 Å². The second kappa shape index (κ2) is 8.78. The van der Waals surface area contributed by atoms with Crippen LogP contribution in [0.3, 0.4) is 0 Å². The molecule has 2 aromatic rings. The van der Waals surface area contributed by atoms with Crippen molar-refractivity contribution in [3.05, 3.63) is 71.3 Å². The predicted octanol–water partition coefficient (Wildman–Crippen LogP) is 2.93. The van der Waals surface area contributed by atoms with E-state index >= 15 is 0 Å². The molecule has 1 N–H and O–H groups in total. The molecule has 25 heavy (non-hydrogen) atoms. The smallest absolute Gasteiger partial charge is 0.308 e. The molecule has 0 aliphatic carbocycles. The van der Waals surface area contributed by atoms with Gasteiger partial charge in [-0.05, 0) is 25.5 Å². The first-order valence-corrected chi connectivity index (χ1v) is 8.11. The Hall–Kier alpha value is -2.95. The molecular weight excluding hydrogens is 318 g/mol. The molecule has 1 amide bonds. The fraction of sp³-hybridized carbons (Fsp3) is 0.250. The van der Waals surface area contributed by atoms with Gasteiger partial charge in [-0.2, -0.15) is 0 Å². The van der Waals surface area contributed by atoms with Crippen molar-refractivity contribution in [2.45, 2.75) is 26.4 Å². The van der Waals surface area contributed by atoms with Gasteiger partial charge in [0.1, 0.15) is 0 Å². The van der Waals surface area contributed by atoms with Gasteiger partial charge in [0, 0.05) is 17.7 Å². The third-order valence-electron chi connectivity index (χ3n) is 3.74. The zero-order chi connectivity index (χ0) is 18.2. The highest BCUT2D eigenvalue weighted by Gasteiger charge is 2.19. The zero-order valence-electron chi connectivity index (χ0n) is 14.3. The number of amides is 1. The van der Waals surface area contributed by atoms with Crippen molar-refractivity contribution in [3.8, 4) is 0 Å². The number of Topliss-reactive ketones (excluding diaryl/α,β-unsaturated/α-hetero) is 1. The number of carbonyl (C=O) groups is 3. The Morgan fingerprint density at radius 3 is 2.32 bits per heavy atom. The first-order valence-electron chi connectivity index (χ1n) is 8.11. The van der Waals surface area contributed by atoms with Crippen LogP contribution in [0.15, 0.2) is 54.6 Å². The van der Waals surface area contributed by atoms with E-state index in [9.17, 15) is 14.4 Å². The standard InChI is InChI=1S/C20H21NO4/c1-14-8-6-7-11-17(14)20(24)21-13-12-18(22)25-15(2)19(23)16-9-4-3-5-10-16/h3-11,15H,12-13H2,1-2H3,(H,21,24). The van der Waals surface area contributed by atoms with Crippen LogP contribution in [0, 0.1) is 6.92 Å². The van der Waals surface area contributed by atoms with Crippen molar-refractivity contribution >= 4 is 17.7 Å². The van der Waals surface area contributed by atoms with E-state index in [1.807, 2.05) is 25.1 Å². The first-order chi connectivity index (χ1) is 12.0. The van der Waals surface area contributed by atoms with E-state index in [1.54, 1.807) is 43.3 Å². The average Bonchev–Trinajstić information content (AvgIpc) is 2.62. The normalized spacial score (nSPS) is 11.4. The number of carbonyl (C=O) groups excluding carboxylic acids is 3. The number of ketones is 1. The van der Waals surface area contributed by atoms with E-state index in [0.29, 0.717) is 11.1 Å². The summed E-state index contributed by atoms with van der Waals surface area (Å²) in [5.41, 5.74) is 1.93. The van der Waals surface area contributed by atoms with Crippen molar-refractivity contribution in [1.29, 1.82) is 0 Å². The minimum Gasteiger partial charge on any atom is -0.454 e. The van der Waals surface area contributed by atoms with Crippen LogP contribution in [-0.2, 0) is 9.53 Å². The van der Waals surface area contributed by atoms with Crippen molar-refractivity contribution < 1.29 is 19.1 Å². The summed E-state index contributed by atoms with van der Waals surface area (Å²) < 4.78 is 5.14. The van der Waals surface area contributed by atoms with Gasteiger partial charge in [-0.25, -0.2) is 0 Å². The van der Waals surface area contributed by atoms with E-state index in [4.69, 9.17) is 4.74 Å². The second-order valence-electron chi connectivity index (χ2n) is 5.68. The molecule has 0 bridgehead atoms. The van der Waals surface area contributed by atoms with E-state index in [2.05, 4.69) is 5.32 Å². The number of rotatable bonds is 7. The molecule has 5 nitrogen and oxygen atoms in total. The SMILES string of the molecule is Cc1ccccc1C(=O)NCCC(=O)OC(C)C(=O)c1ccccc1. The van der Waals surface area contributed by atoms with E-state index < -0.39 is 12.1 Å². The van der Waals surface area contributed by atoms with Crippen LogP contribution in [0.25, 0.3) is 0 Å². The molecule has 0 spiro atoms. The molecule has 1 unspecified atom stereocenters. The van der Waals surface area contributed by atoms with E-state index in [0.717, 1.165) is 5.56 Å². The molecule has 0 fully saturated rings. The number of nitrogens with one attached hydrogen (secondary N) is 1. The molecule has 5 heteroatoms. The van der Waals surface area contributed by atoms with Gasteiger partial charge in [-0.15, -0.1) is 0 Å².